The molecule has 1 N–H and O–H groups in total. The zero-order valence-corrected chi connectivity index (χ0v) is 12.3. The molecule has 2 heterocycles. The molecule has 0 fully saturated rings. The molecule has 1 unspecified atom stereocenters. The summed E-state index contributed by atoms with van der Waals surface area (Å²) >= 11 is 7.82. The molecule has 0 aromatic carbocycles. The van der Waals surface area contributed by atoms with Gasteiger partial charge < -0.3 is 9.72 Å². The van der Waals surface area contributed by atoms with E-state index in [1.165, 1.54) is 0 Å². The highest BCUT2D eigenvalue weighted by molar-refractivity contribution is 7.98. The van der Waals surface area contributed by atoms with Crippen molar-refractivity contribution in [1.82, 2.24) is 14.7 Å². The number of thioether (sulfide) groups is 1. The largest absolute Gasteiger partial charge is 0.308 e. The van der Waals surface area contributed by atoms with E-state index in [4.69, 9.17) is 11.6 Å². The molecule has 5 heteroatoms. The molecule has 0 aliphatic heterocycles. The number of fused-ring (bicyclic) bond motifs is 1. The van der Waals surface area contributed by atoms with Gasteiger partial charge in [-0.3, -0.25) is 0 Å². The molecule has 3 nitrogen and oxygen atoms in total. The first-order chi connectivity index (χ1) is 8.72. The number of hydrogen-bond donors (Lipinski definition) is 1. The average Bonchev–Trinajstić information content (AvgIpc) is 2.76. The molecule has 0 radical (unpaired) electrons. The maximum Gasteiger partial charge on any atom is 0.137 e. The van der Waals surface area contributed by atoms with Crippen LogP contribution >= 0.6 is 23.4 Å². The van der Waals surface area contributed by atoms with Gasteiger partial charge in [-0.1, -0.05) is 18.5 Å². The zero-order valence-electron chi connectivity index (χ0n) is 10.7. The highest BCUT2D eigenvalue weighted by atomic mass is 35.5. The number of halogens is 1. The summed E-state index contributed by atoms with van der Waals surface area (Å²) in [5.41, 5.74) is 1.99. The second kappa shape index (κ2) is 6.45. The third kappa shape index (κ3) is 3.40. The number of nitrogens with zero attached hydrogens (tertiary/aromatic N) is 2. The third-order valence-corrected chi connectivity index (χ3v) is 3.86. The van der Waals surface area contributed by atoms with E-state index in [2.05, 4.69) is 23.5 Å². The first-order valence-electron chi connectivity index (χ1n) is 6.08. The summed E-state index contributed by atoms with van der Waals surface area (Å²) in [6.45, 7) is 3.01. The van der Waals surface area contributed by atoms with Gasteiger partial charge in [-0.05, 0) is 24.8 Å². The first kappa shape index (κ1) is 13.7. The lowest BCUT2D eigenvalue weighted by atomic mass is 10.2. The minimum atomic E-state index is 0.549. The molecule has 0 spiro atoms. The molecule has 1 atom stereocenters. The summed E-state index contributed by atoms with van der Waals surface area (Å²) in [6.07, 6.45) is 7.18. The van der Waals surface area contributed by atoms with Gasteiger partial charge in [0.25, 0.3) is 0 Å². The fourth-order valence-electron chi connectivity index (χ4n) is 1.87. The van der Waals surface area contributed by atoms with Gasteiger partial charge in [-0.2, -0.15) is 11.8 Å². The highest BCUT2D eigenvalue weighted by Gasteiger charge is 2.06. The number of hydrogen-bond acceptors (Lipinski definition) is 3. The van der Waals surface area contributed by atoms with Crippen LogP contribution in [0.2, 0.25) is 5.02 Å². The van der Waals surface area contributed by atoms with Crippen LogP contribution < -0.4 is 5.32 Å². The summed E-state index contributed by atoms with van der Waals surface area (Å²) in [6, 6.07) is 4.35. The maximum absolute atomic E-state index is 5.95. The van der Waals surface area contributed by atoms with E-state index in [1.54, 1.807) is 0 Å². The van der Waals surface area contributed by atoms with E-state index >= 15 is 0 Å². The lowest BCUT2D eigenvalue weighted by molar-refractivity contribution is 0.537. The molecule has 0 aliphatic carbocycles. The van der Waals surface area contributed by atoms with Crippen LogP contribution in [0.3, 0.4) is 0 Å². The van der Waals surface area contributed by atoms with E-state index in [0.717, 1.165) is 35.1 Å². The Labute approximate surface area is 117 Å². The van der Waals surface area contributed by atoms with Gasteiger partial charge in [0.05, 0.1) is 10.7 Å². The first-order valence-corrected chi connectivity index (χ1v) is 7.85. The monoisotopic (exact) mass is 283 g/mol. The Kier molecular flexibility index (Phi) is 4.92. The van der Waals surface area contributed by atoms with Crippen molar-refractivity contribution in [1.29, 1.82) is 0 Å². The summed E-state index contributed by atoms with van der Waals surface area (Å²) in [5, 5.41) is 4.26. The quantitative estimate of drug-likeness (QED) is 0.883. The number of aromatic nitrogens is 2. The second-order valence-corrected chi connectivity index (χ2v) is 5.63. The highest BCUT2D eigenvalue weighted by Crippen LogP contribution is 2.12. The molecular weight excluding hydrogens is 266 g/mol. The summed E-state index contributed by atoms with van der Waals surface area (Å²) in [7, 11) is 0. The fourth-order valence-corrected chi connectivity index (χ4v) is 2.80. The molecule has 0 aliphatic rings. The van der Waals surface area contributed by atoms with Crippen molar-refractivity contribution >= 4 is 29.0 Å². The second-order valence-electron chi connectivity index (χ2n) is 4.29. The number of rotatable bonds is 6. The van der Waals surface area contributed by atoms with E-state index in [1.807, 2.05) is 40.7 Å². The molecule has 2 aromatic rings. The van der Waals surface area contributed by atoms with Crippen LogP contribution in [-0.4, -0.2) is 27.4 Å². The molecule has 0 saturated heterocycles. The SMILES string of the molecule is CCC(CSC)NCc1cn2cc(Cl)ccc2n1. The lowest BCUT2D eigenvalue weighted by Gasteiger charge is -2.14. The Morgan fingerprint density at radius 2 is 2.28 bits per heavy atom. The summed E-state index contributed by atoms with van der Waals surface area (Å²) in [5.74, 6) is 1.13. The van der Waals surface area contributed by atoms with Crippen molar-refractivity contribution in [2.45, 2.75) is 25.9 Å². The Bertz CT molecular complexity index is 512. The van der Waals surface area contributed by atoms with Crippen LogP contribution in [0.15, 0.2) is 24.5 Å². The minimum Gasteiger partial charge on any atom is -0.308 e. The van der Waals surface area contributed by atoms with E-state index in [-0.39, 0.29) is 0 Å². The van der Waals surface area contributed by atoms with Gasteiger partial charge in [0.2, 0.25) is 0 Å². The van der Waals surface area contributed by atoms with Crippen molar-refractivity contribution < 1.29 is 0 Å². The molecule has 0 bridgehead atoms. The van der Waals surface area contributed by atoms with Gasteiger partial charge in [0.1, 0.15) is 5.65 Å². The van der Waals surface area contributed by atoms with Crippen molar-refractivity contribution in [2.24, 2.45) is 0 Å². The number of imidazole rings is 1. The third-order valence-electron chi connectivity index (χ3n) is 2.90. The van der Waals surface area contributed by atoms with Crippen LogP contribution in [0.4, 0.5) is 0 Å². The predicted octanol–water partition coefficient (Wildman–Crippen LogP) is 3.22. The molecule has 0 amide bonds. The Hall–Kier alpha value is -0.710. The zero-order chi connectivity index (χ0) is 13.0. The lowest BCUT2D eigenvalue weighted by Crippen LogP contribution is -2.30. The van der Waals surface area contributed by atoms with Crippen LogP contribution in [-0.2, 0) is 6.54 Å². The van der Waals surface area contributed by atoms with Crippen molar-refractivity contribution in [3.05, 3.63) is 35.2 Å². The van der Waals surface area contributed by atoms with Crippen LogP contribution in [0, 0.1) is 0 Å². The van der Waals surface area contributed by atoms with Crippen molar-refractivity contribution in [2.75, 3.05) is 12.0 Å². The molecule has 2 aromatic heterocycles. The van der Waals surface area contributed by atoms with Crippen LogP contribution in [0.5, 0.6) is 0 Å². The molecule has 0 saturated carbocycles. The molecule has 2 rings (SSSR count). The maximum atomic E-state index is 5.95. The van der Waals surface area contributed by atoms with Crippen LogP contribution in [0.1, 0.15) is 19.0 Å². The van der Waals surface area contributed by atoms with E-state index in [0.29, 0.717) is 6.04 Å². The van der Waals surface area contributed by atoms with Gasteiger partial charge >= 0.3 is 0 Å². The number of nitrogens with one attached hydrogen (secondary N) is 1. The van der Waals surface area contributed by atoms with Gasteiger partial charge in [-0.15, -0.1) is 0 Å². The van der Waals surface area contributed by atoms with E-state index in [9.17, 15) is 0 Å². The summed E-state index contributed by atoms with van der Waals surface area (Å²) in [4.78, 5) is 4.56. The van der Waals surface area contributed by atoms with Gasteiger partial charge in [0, 0.05) is 30.7 Å². The van der Waals surface area contributed by atoms with Crippen LogP contribution in [0.25, 0.3) is 5.65 Å². The number of pyridine rings is 1. The Balaban J connectivity index is 2.03. The van der Waals surface area contributed by atoms with E-state index < -0.39 is 0 Å². The Morgan fingerprint density at radius 3 is 3.00 bits per heavy atom. The van der Waals surface area contributed by atoms with Crippen molar-refractivity contribution in [3.63, 3.8) is 0 Å². The average molecular weight is 284 g/mol. The van der Waals surface area contributed by atoms with Crippen molar-refractivity contribution in [3.8, 4) is 0 Å². The van der Waals surface area contributed by atoms with Gasteiger partial charge in [0.15, 0.2) is 0 Å². The Morgan fingerprint density at radius 1 is 1.44 bits per heavy atom. The minimum absolute atomic E-state index is 0.549. The standard InChI is InChI=1S/C13H18ClN3S/c1-3-11(9-18-2)15-6-12-8-17-7-10(14)4-5-13(17)16-12/h4-5,7-8,11,15H,3,6,9H2,1-2H3. The summed E-state index contributed by atoms with van der Waals surface area (Å²) < 4.78 is 1.97. The smallest absolute Gasteiger partial charge is 0.137 e. The molecular formula is C13H18ClN3S. The normalized spacial score (nSPS) is 13.1. The van der Waals surface area contributed by atoms with Gasteiger partial charge in [-0.25, -0.2) is 4.98 Å². The topological polar surface area (TPSA) is 29.3 Å². The molecule has 18 heavy (non-hydrogen) atoms. The predicted molar refractivity (Wildman–Crippen MR) is 79.5 cm³/mol. The molecule has 98 valence electrons. The fraction of sp³-hybridized carbons (Fsp3) is 0.462.